The highest BCUT2D eigenvalue weighted by atomic mass is 16.6. The van der Waals surface area contributed by atoms with E-state index in [2.05, 4.69) is 10.5 Å². The van der Waals surface area contributed by atoms with Crippen molar-refractivity contribution in [3.05, 3.63) is 69.8 Å². The Morgan fingerprint density at radius 2 is 1.88 bits per heavy atom. The number of carboxylic acids is 1. The molecular formula is C16H13N3O6. The Kier molecular flexibility index (Phi) is 5.77. The number of para-hydroxylation sites is 2. The van der Waals surface area contributed by atoms with Gasteiger partial charge in [-0.2, -0.15) is 5.10 Å². The van der Waals surface area contributed by atoms with Crippen LogP contribution < -0.4 is 10.2 Å². The molecule has 0 heterocycles. The fourth-order valence-electron chi connectivity index (χ4n) is 1.80. The van der Waals surface area contributed by atoms with Crippen LogP contribution >= 0.6 is 0 Å². The summed E-state index contributed by atoms with van der Waals surface area (Å²) in [6.45, 7) is -0.444. The van der Waals surface area contributed by atoms with Crippen LogP contribution in [0, 0.1) is 10.1 Å². The van der Waals surface area contributed by atoms with Crippen molar-refractivity contribution in [3.8, 4) is 5.75 Å². The maximum absolute atomic E-state index is 11.6. The lowest BCUT2D eigenvalue weighted by atomic mass is 10.1. The molecule has 0 aromatic heterocycles. The molecule has 0 saturated heterocycles. The highest BCUT2D eigenvalue weighted by Gasteiger charge is 2.14. The zero-order chi connectivity index (χ0) is 18.2. The molecule has 128 valence electrons. The number of amides is 1. The smallest absolute Gasteiger partial charge is 0.335 e. The molecule has 0 aliphatic heterocycles. The Labute approximate surface area is 141 Å². The van der Waals surface area contributed by atoms with Crippen LogP contribution in [0.3, 0.4) is 0 Å². The predicted molar refractivity (Wildman–Crippen MR) is 87.7 cm³/mol. The van der Waals surface area contributed by atoms with Crippen LogP contribution in [-0.4, -0.2) is 34.7 Å². The number of hydrogen-bond acceptors (Lipinski definition) is 6. The van der Waals surface area contributed by atoms with Crippen LogP contribution in [0.2, 0.25) is 0 Å². The Morgan fingerprint density at radius 1 is 1.20 bits per heavy atom. The molecule has 2 aromatic rings. The predicted octanol–water partition coefficient (Wildman–Crippen LogP) is 1.82. The van der Waals surface area contributed by atoms with Crippen LogP contribution in [0.4, 0.5) is 5.69 Å². The molecular weight excluding hydrogens is 330 g/mol. The van der Waals surface area contributed by atoms with Crippen molar-refractivity contribution >= 4 is 23.8 Å². The molecule has 0 aliphatic rings. The average Bonchev–Trinajstić information content (AvgIpc) is 2.60. The van der Waals surface area contributed by atoms with Gasteiger partial charge in [-0.05, 0) is 23.8 Å². The van der Waals surface area contributed by atoms with Gasteiger partial charge >= 0.3 is 11.7 Å². The summed E-state index contributed by atoms with van der Waals surface area (Å²) in [6.07, 6.45) is 1.33. The van der Waals surface area contributed by atoms with E-state index >= 15 is 0 Å². The number of carboxylic acid groups (broad SMARTS) is 1. The van der Waals surface area contributed by atoms with Crippen molar-refractivity contribution in [1.29, 1.82) is 0 Å². The second-order valence-electron chi connectivity index (χ2n) is 4.73. The minimum atomic E-state index is -1.04. The average molecular weight is 343 g/mol. The highest BCUT2D eigenvalue weighted by Crippen LogP contribution is 2.25. The van der Waals surface area contributed by atoms with Crippen molar-refractivity contribution in [2.45, 2.75) is 0 Å². The number of hydrazone groups is 1. The van der Waals surface area contributed by atoms with E-state index in [-0.39, 0.29) is 17.0 Å². The zero-order valence-electron chi connectivity index (χ0n) is 12.8. The number of hydrogen-bond donors (Lipinski definition) is 2. The molecule has 0 radical (unpaired) electrons. The van der Waals surface area contributed by atoms with Gasteiger partial charge in [0.25, 0.3) is 5.91 Å². The molecule has 0 saturated carbocycles. The normalized spacial score (nSPS) is 10.4. The van der Waals surface area contributed by atoms with Crippen molar-refractivity contribution < 1.29 is 24.4 Å². The molecule has 1 amide bonds. The SMILES string of the molecule is O=C(COc1ccccc1[N+](=O)[O-])N/N=C/c1ccc(C(=O)O)cc1. The van der Waals surface area contributed by atoms with Gasteiger partial charge in [-0.15, -0.1) is 0 Å². The first kappa shape index (κ1) is 17.6. The van der Waals surface area contributed by atoms with Crippen LogP contribution in [-0.2, 0) is 4.79 Å². The number of rotatable bonds is 7. The summed E-state index contributed by atoms with van der Waals surface area (Å²) in [5.74, 6) is -1.66. The monoisotopic (exact) mass is 343 g/mol. The van der Waals surface area contributed by atoms with Crippen LogP contribution in [0.5, 0.6) is 5.75 Å². The van der Waals surface area contributed by atoms with Gasteiger partial charge in [-0.1, -0.05) is 24.3 Å². The lowest BCUT2D eigenvalue weighted by Gasteiger charge is -2.05. The third-order valence-corrected chi connectivity index (χ3v) is 2.98. The van der Waals surface area contributed by atoms with E-state index in [1.54, 1.807) is 6.07 Å². The molecule has 25 heavy (non-hydrogen) atoms. The molecule has 0 aliphatic carbocycles. The molecule has 2 N–H and O–H groups in total. The number of carbonyl (C=O) groups is 2. The molecule has 9 nitrogen and oxygen atoms in total. The van der Waals surface area contributed by atoms with Gasteiger partial charge in [0.15, 0.2) is 12.4 Å². The summed E-state index contributed by atoms with van der Waals surface area (Å²) >= 11 is 0. The minimum absolute atomic E-state index is 0.0177. The van der Waals surface area contributed by atoms with Crippen molar-refractivity contribution in [1.82, 2.24) is 5.43 Å². The number of nitro groups is 1. The molecule has 0 fully saturated rings. The first-order chi connectivity index (χ1) is 12.0. The molecule has 2 aromatic carbocycles. The molecule has 2 rings (SSSR count). The number of carbonyl (C=O) groups excluding carboxylic acids is 1. The van der Waals surface area contributed by atoms with E-state index in [9.17, 15) is 19.7 Å². The molecule has 0 spiro atoms. The third kappa shape index (κ3) is 5.13. The van der Waals surface area contributed by atoms with Crippen molar-refractivity contribution in [2.75, 3.05) is 6.61 Å². The summed E-state index contributed by atoms with van der Waals surface area (Å²) in [4.78, 5) is 32.6. The largest absolute Gasteiger partial charge is 0.478 e. The zero-order valence-corrected chi connectivity index (χ0v) is 12.8. The Morgan fingerprint density at radius 3 is 2.52 bits per heavy atom. The van der Waals surface area contributed by atoms with Crippen molar-refractivity contribution in [3.63, 3.8) is 0 Å². The van der Waals surface area contributed by atoms with Crippen LogP contribution in [0.25, 0.3) is 0 Å². The van der Waals surface area contributed by atoms with Gasteiger partial charge in [-0.25, -0.2) is 10.2 Å². The van der Waals surface area contributed by atoms with Gasteiger partial charge in [0.05, 0.1) is 16.7 Å². The van der Waals surface area contributed by atoms with Gasteiger partial charge in [0, 0.05) is 6.07 Å². The molecule has 0 atom stereocenters. The first-order valence-electron chi connectivity index (χ1n) is 6.99. The summed E-state index contributed by atoms with van der Waals surface area (Å²) < 4.78 is 5.11. The lowest BCUT2D eigenvalue weighted by Crippen LogP contribution is -2.24. The number of nitrogens with one attached hydrogen (secondary N) is 1. The Hall–Kier alpha value is -3.75. The van der Waals surface area contributed by atoms with E-state index in [4.69, 9.17) is 9.84 Å². The minimum Gasteiger partial charge on any atom is -0.478 e. The first-order valence-corrected chi connectivity index (χ1v) is 6.99. The second kappa shape index (κ2) is 8.20. The fourth-order valence-corrected chi connectivity index (χ4v) is 1.80. The number of nitro benzene ring substituents is 1. The van der Waals surface area contributed by atoms with Crippen molar-refractivity contribution in [2.24, 2.45) is 5.10 Å². The number of ether oxygens (including phenoxy) is 1. The highest BCUT2D eigenvalue weighted by molar-refractivity contribution is 5.89. The molecule has 0 bridgehead atoms. The topological polar surface area (TPSA) is 131 Å². The van der Waals surface area contributed by atoms with Crippen LogP contribution in [0.15, 0.2) is 53.6 Å². The number of nitrogens with zero attached hydrogens (tertiary/aromatic N) is 2. The summed E-state index contributed by atoms with van der Waals surface area (Å²) in [5, 5.41) is 23.3. The quantitative estimate of drug-likeness (QED) is 0.448. The lowest BCUT2D eigenvalue weighted by molar-refractivity contribution is -0.385. The molecule has 9 heteroatoms. The van der Waals surface area contributed by atoms with Gasteiger partial charge in [0.2, 0.25) is 0 Å². The van der Waals surface area contributed by atoms with E-state index < -0.39 is 23.4 Å². The van der Waals surface area contributed by atoms with E-state index in [0.717, 1.165) is 0 Å². The van der Waals surface area contributed by atoms with E-state index in [1.807, 2.05) is 0 Å². The maximum atomic E-state index is 11.6. The van der Waals surface area contributed by atoms with E-state index in [0.29, 0.717) is 5.56 Å². The Balaban J connectivity index is 1.86. The summed E-state index contributed by atoms with van der Waals surface area (Å²) in [7, 11) is 0. The third-order valence-electron chi connectivity index (χ3n) is 2.98. The number of benzene rings is 2. The van der Waals surface area contributed by atoms with Crippen LogP contribution in [0.1, 0.15) is 15.9 Å². The maximum Gasteiger partial charge on any atom is 0.335 e. The van der Waals surface area contributed by atoms with Gasteiger partial charge < -0.3 is 9.84 Å². The standard InChI is InChI=1S/C16H13N3O6/c20-15(10-25-14-4-2-1-3-13(14)19(23)24)18-17-9-11-5-7-12(8-6-11)16(21)22/h1-9H,10H2,(H,18,20)(H,21,22)/b17-9+. The fraction of sp³-hybridized carbons (Fsp3) is 0.0625. The van der Waals surface area contributed by atoms with Gasteiger partial charge in [-0.3, -0.25) is 14.9 Å². The van der Waals surface area contributed by atoms with Gasteiger partial charge in [0.1, 0.15) is 0 Å². The molecule has 0 unspecified atom stereocenters. The Bertz CT molecular complexity index is 817. The summed E-state index contributed by atoms with van der Waals surface area (Å²) in [6, 6.07) is 11.6. The van der Waals surface area contributed by atoms with E-state index in [1.165, 1.54) is 48.7 Å². The second-order valence-corrected chi connectivity index (χ2v) is 4.73. The number of aromatic carboxylic acids is 1. The summed E-state index contributed by atoms with van der Waals surface area (Å²) in [5.41, 5.74) is 2.69.